The number of amides is 1. The predicted molar refractivity (Wildman–Crippen MR) is 143 cm³/mol. The van der Waals surface area contributed by atoms with Crippen LogP contribution in [0.3, 0.4) is 0 Å². The fraction of sp³-hybridized carbons (Fsp3) is 0.500. The Morgan fingerprint density at radius 1 is 1.17 bits per heavy atom. The zero-order chi connectivity index (χ0) is 24.4. The van der Waals surface area contributed by atoms with Crippen LogP contribution in [0.5, 0.6) is 0 Å². The SMILES string of the molecule is Cc1c(CN2CCN(c3cccc(Cl)c3)CC2)sc2ncn(CC(=O)NC3CCCCC3)c(=O)c12. The lowest BCUT2D eigenvalue weighted by atomic mass is 9.95. The summed E-state index contributed by atoms with van der Waals surface area (Å²) in [7, 11) is 0. The number of nitrogens with one attached hydrogen (secondary N) is 1. The summed E-state index contributed by atoms with van der Waals surface area (Å²) in [6, 6.07) is 8.24. The third-order valence-electron chi connectivity index (χ3n) is 7.21. The quantitative estimate of drug-likeness (QED) is 0.535. The molecule has 0 radical (unpaired) electrons. The van der Waals surface area contributed by atoms with Crippen molar-refractivity contribution in [3.63, 3.8) is 0 Å². The molecule has 1 saturated heterocycles. The van der Waals surface area contributed by atoms with Crippen molar-refractivity contribution in [2.75, 3.05) is 31.1 Å². The van der Waals surface area contributed by atoms with E-state index in [0.29, 0.717) is 5.39 Å². The van der Waals surface area contributed by atoms with E-state index in [-0.39, 0.29) is 24.1 Å². The molecule has 0 bridgehead atoms. The van der Waals surface area contributed by atoms with Crippen molar-refractivity contribution in [3.8, 4) is 0 Å². The number of fused-ring (bicyclic) bond motifs is 1. The molecule has 1 aliphatic heterocycles. The summed E-state index contributed by atoms with van der Waals surface area (Å²) in [4.78, 5) is 37.0. The monoisotopic (exact) mass is 513 g/mol. The van der Waals surface area contributed by atoms with E-state index in [2.05, 4.69) is 26.2 Å². The Morgan fingerprint density at radius 2 is 1.94 bits per heavy atom. The van der Waals surface area contributed by atoms with Crippen molar-refractivity contribution in [1.29, 1.82) is 0 Å². The van der Waals surface area contributed by atoms with Gasteiger partial charge in [-0.1, -0.05) is 36.9 Å². The number of anilines is 1. The summed E-state index contributed by atoms with van der Waals surface area (Å²) < 4.78 is 1.45. The number of aromatic nitrogens is 2. The highest BCUT2D eigenvalue weighted by Gasteiger charge is 2.22. The van der Waals surface area contributed by atoms with Crippen molar-refractivity contribution < 1.29 is 4.79 Å². The van der Waals surface area contributed by atoms with Crippen LogP contribution in [0, 0.1) is 6.92 Å². The number of aryl methyl sites for hydroxylation is 1. The summed E-state index contributed by atoms with van der Waals surface area (Å²) >= 11 is 7.75. The predicted octanol–water partition coefficient (Wildman–Crippen LogP) is 4.19. The number of carbonyl (C=O) groups excluding carboxylic acids is 1. The topological polar surface area (TPSA) is 70.5 Å². The van der Waals surface area contributed by atoms with Gasteiger partial charge < -0.3 is 10.2 Å². The van der Waals surface area contributed by atoms with E-state index in [1.165, 1.54) is 22.2 Å². The second-order valence-electron chi connectivity index (χ2n) is 9.65. The van der Waals surface area contributed by atoms with Gasteiger partial charge in [0.15, 0.2) is 0 Å². The van der Waals surface area contributed by atoms with Crippen LogP contribution in [0.2, 0.25) is 5.02 Å². The van der Waals surface area contributed by atoms with Gasteiger partial charge in [-0.3, -0.25) is 19.1 Å². The highest BCUT2D eigenvalue weighted by atomic mass is 35.5. The van der Waals surface area contributed by atoms with Crippen LogP contribution in [0.25, 0.3) is 10.2 Å². The van der Waals surface area contributed by atoms with Gasteiger partial charge in [0.2, 0.25) is 5.91 Å². The highest BCUT2D eigenvalue weighted by Crippen LogP contribution is 2.29. The third-order valence-corrected chi connectivity index (χ3v) is 8.63. The molecule has 1 aromatic carbocycles. The molecule has 186 valence electrons. The summed E-state index contributed by atoms with van der Waals surface area (Å²) in [6.45, 7) is 6.59. The summed E-state index contributed by atoms with van der Waals surface area (Å²) in [5.41, 5.74) is 2.02. The van der Waals surface area contributed by atoms with Gasteiger partial charge in [0.05, 0.1) is 11.7 Å². The Kier molecular flexibility index (Phi) is 7.41. The number of nitrogens with zero attached hydrogens (tertiary/aromatic N) is 4. The first-order chi connectivity index (χ1) is 17.0. The molecule has 2 aromatic heterocycles. The molecule has 0 atom stereocenters. The molecule has 2 aliphatic rings. The second kappa shape index (κ2) is 10.7. The molecule has 1 aliphatic carbocycles. The van der Waals surface area contributed by atoms with E-state index in [0.717, 1.165) is 79.5 Å². The first-order valence-electron chi connectivity index (χ1n) is 12.5. The van der Waals surface area contributed by atoms with E-state index in [1.54, 1.807) is 11.3 Å². The molecule has 1 amide bonds. The number of hydrogen-bond acceptors (Lipinski definition) is 6. The molecule has 3 heterocycles. The summed E-state index contributed by atoms with van der Waals surface area (Å²) in [5, 5.41) is 4.50. The molecule has 7 nitrogen and oxygen atoms in total. The minimum Gasteiger partial charge on any atom is -0.369 e. The minimum atomic E-state index is -0.125. The Morgan fingerprint density at radius 3 is 2.69 bits per heavy atom. The molecular weight excluding hydrogens is 482 g/mol. The fourth-order valence-corrected chi connectivity index (χ4v) is 6.55. The Bertz CT molecular complexity index is 1260. The molecule has 1 N–H and O–H groups in total. The molecule has 0 unspecified atom stereocenters. The van der Waals surface area contributed by atoms with Gasteiger partial charge in [0.25, 0.3) is 5.56 Å². The molecule has 1 saturated carbocycles. The van der Waals surface area contributed by atoms with Gasteiger partial charge >= 0.3 is 0 Å². The Hall–Kier alpha value is -2.42. The molecule has 35 heavy (non-hydrogen) atoms. The van der Waals surface area contributed by atoms with E-state index in [9.17, 15) is 9.59 Å². The first-order valence-corrected chi connectivity index (χ1v) is 13.7. The molecule has 9 heteroatoms. The van der Waals surface area contributed by atoms with Gasteiger partial charge in [-0.2, -0.15) is 0 Å². The largest absolute Gasteiger partial charge is 0.369 e. The summed E-state index contributed by atoms with van der Waals surface area (Å²) in [6.07, 6.45) is 7.13. The average Bonchev–Trinajstić information content (AvgIpc) is 3.17. The van der Waals surface area contributed by atoms with Crippen LogP contribution in [0.4, 0.5) is 5.69 Å². The Balaban J connectivity index is 1.24. The molecule has 2 fully saturated rings. The lowest BCUT2D eigenvalue weighted by Gasteiger charge is -2.36. The smallest absolute Gasteiger partial charge is 0.262 e. The molecule has 5 rings (SSSR count). The molecule has 3 aromatic rings. The number of rotatable bonds is 6. The van der Waals surface area contributed by atoms with Gasteiger partial charge in [-0.05, 0) is 43.5 Å². The number of halogens is 1. The Labute approximate surface area is 214 Å². The highest BCUT2D eigenvalue weighted by molar-refractivity contribution is 7.18. The van der Waals surface area contributed by atoms with Crippen LogP contribution in [-0.4, -0.2) is 52.6 Å². The average molecular weight is 514 g/mol. The maximum absolute atomic E-state index is 13.2. The van der Waals surface area contributed by atoms with E-state index >= 15 is 0 Å². The van der Waals surface area contributed by atoms with Gasteiger partial charge in [-0.25, -0.2) is 4.98 Å². The number of thiophene rings is 1. The van der Waals surface area contributed by atoms with Crippen molar-refractivity contribution in [2.24, 2.45) is 0 Å². The standard InChI is InChI=1S/C26H32ClN5O2S/c1-18-22(15-30-10-12-31(13-11-30)21-9-5-6-19(27)14-21)35-25-24(18)26(34)32(17-28-25)16-23(33)29-20-7-3-2-4-8-20/h5-6,9,14,17,20H,2-4,7-8,10-13,15-16H2,1H3,(H,29,33). The van der Waals surface area contributed by atoms with Crippen molar-refractivity contribution >= 4 is 44.7 Å². The van der Waals surface area contributed by atoms with Gasteiger partial charge in [0.1, 0.15) is 11.4 Å². The number of hydrogen-bond donors (Lipinski definition) is 1. The fourth-order valence-electron chi connectivity index (χ4n) is 5.18. The zero-order valence-corrected chi connectivity index (χ0v) is 21.7. The lowest BCUT2D eigenvalue weighted by molar-refractivity contribution is -0.122. The van der Waals surface area contributed by atoms with E-state index in [1.807, 2.05) is 25.1 Å². The molecular formula is C26H32ClN5O2S. The second-order valence-corrected chi connectivity index (χ2v) is 11.2. The zero-order valence-electron chi connectivity index (χ0n) is 20.1. The number of benzene rings is 1. The van der Waals surface area contributed by atoms with Crippen molar-refractivity contribution in [1.82, 2.24) is 19.8 Å². The number of piperazine rings is 1. The van der Waals surface area contributed by atoms with E-state index in [4.69, 9.17) is 11.6 Å². The van der Waals surface area contributed by atoms with Crippen molar-refractivity contribution in [2.45, 2.75) is 58.2 Å². The van der Waals surface area contributed by atoms with Crippen LogP contribution in [0.15, 0.2) is 35.4 Å². The van der Waals surface area contributed by atoms with Crippen LogP contribution in [-0.2, 0) is 17.9 Å². The van der Waals surface area contributed by atoms with Crippen LogP contribution >= 0.6 is 22.9 Å². The van der Waals surface area contributed by atoms with Crippen LogP contribution in [0.1, 0.15) is 42.5 Å². The minimum absolute atomic E-state index is 0.0222. The van der Waals surface area contributed by atoms with E-state index < -0.39 is 0 Å². The maximum Gasteiger partial charge on any atom is 0.262 e. The number of carbonyl (C=O) groups is 1. The van der Waals surface area contributed by atoms with Gasteiger partial charge in [-0.15, -0.1) is 11.3 Å². The summed E-state index contributed by atoms with van der Waals surface area (Å²) in [5.74, 6) is -0.106. The lowest BCUT2D eigenvalue weighted by Crippen LogP contribution is -2.45. The first kappa shape index (κ1) is 24.3. The van der Waals surface area contributed by atoms with Crippen molar-refractivity contribution in [3.05, 3.63) is 56.4 Å². The van der Waals surface area contributed by atoms with Gasteiger partial charge in [0, 0.05) is 54.4 Å². The van der Waals surface area contributed by atoms with Crippen LogP contribution < -0.4 is 15.8 Å². The molecule has 0 spiro atoms. The normalized spacial score (nSPS) is 17.7. The maximum atomic E-state index is 13.2. The third kappa shape index (κ3) is 5.55.